The summed E-state index contributed by atoms with van der Waals surface area (Å²) in [5.74, 6) is 1.16. The van der Waals surface area contributed by atoms with Crippen molar-refractivity contribution in [3.05, 3.63) is 59.7 Å². The van der Waals surface area contributed by atoms with Crippen LogP contribution in [-0.2, 0) is 16.4 Å². The monoisotopic (exact) mass is 354 g/mol. The van der Waals surface area contributed by atoms with Crippen LogP contribution >= 0.6 is 0 Å². The summed E-state index contributed by atoms with van der Waals surface area (Å²) in [7, 11) is -2.09. The Labute approximate surface area is 146 Å². The fourth-order valence-corrected chi connectivity index (χ4v) is 4.62. The van der Waals surface area contributed by atoms with Crippen molar-refractivity contribution in [2.75, 3.05) is 18.0 Å². The van der Waals surface area contributed by atoms with Gasteiger partial charge in [-0.25, -0.2) is 17.7 Å². The summed E-state index contributed by atoms with van der Waals surface area (Å²) >= 11 is 0. The summed E-state index contributed by atoms with van der Waals surface area (Å²) in [6.45, 7) is 2.44. The molecule has 0 bridgehead atoms. The van der Waals surface area contributed by atoms with E-state index in [9.17, 15) is 8.42 Å². The predicted octanol–water partition coefficient (Wildman–Crippen LogP) is 3.30. The first-order chi connectivity index (χ1) is 12.0. The van der Waals surface area contributed by atoms with E-state index in [1.165, 1.54) is 4.31 Å². The quantitative estimate of drug-likeness (QED) is 0.724. The molecule has 5 nitrogen and oxygen atoms in total. The molecule has 0 spiro atoms. The molecule has 0 aliphatic carbocycles. The number of anilines is 1. The summed E-state index contributed by atoms with van der Waals surface area (Å²) in [6.07, 6.45) is 0.668. The molecule has 1 aromatic heterocycles. The van der Waals surface area contributed by atoms with E-state index < -0.39 is 10.0 Å². The fraction of sp³-hybridized carbons (Fsp3) is 0.211. The molecule has 0 fully saturated rings. The molecule has 25 heavy (non-hydrogen) atoms. The highest BCUT2D eigenvalue weighted by atomic mass is 32.2. The Morgan fingerprint density at radius 1 is 1.08 bits per heavy atom. The van der Waals surface area contributed by atoms with Gasteiger partial charge in [-0.2, -0.15) is 0 Å². The molecule has 1 aliphatic heterocycles. The van der Waals surface area contributed by atoms with Crippen LogP contribution in [0.1, 0.15) is 11.1 Å². The number of nitrogens with zero attached hydrogens (tertiary/aromatic N) is 2. The van der Waals surface area contributed by atoms with Gasteiger partial charge in [0.2, 0.25) is 0 Å². The van der Waals surface area contributed by atoms with Crippen LogP contribution in [0.5, 0.6) is 5.75 Å². The van der Waals surface area contributed by atoms with Crippen LogP contribution in [0, 0.1) is 6.92 Å². The highest BCUT2D eigenvalue weighted by Gasteiger charge is 2.32. The maximum Gasteiger partial charge on any atom is 0.265 e. The number of methoxy groups -OCH3 is 1. The molecule has 2 aromatic carbocycles. The zero-order valence-electron chi connectivity index (χ0n) is 14.1. The zero-order valence-corrected chi connectivity index (χ0v) is 14.9. The number of aromatic nitrogens is 1. The molecule has 2 heterocycles. The van der Waals surface area contributed by atoms with Gasteiger partial charge in [0.15, 0.2) is 0 Å². The number of benzene rings is 2. The number of fused-ring (bicyclic) bond motifs is 2. The molecule has 0 saturated carbocycles. The Balaban J connectivity index is 1.79. The van der Waals surface area contributed by atoms with Gasteiger partial charge in [0, 0.05) is 11.9 Å². The van der Waals surface area contributed by atoms with Gasteiger partial charge < -0.3 is 4.74 Å². The van der Waals surface area contributed by atoms with Crippen LogP contribution < -0.4 is 9.04 Å². The van der Waals surface area contributed by atoms with Crippen LogP contribution in [0.25, 0.3) is 10.9 Å². The normalized spacial score (nSPS) is 13.9. The molecule has 3 aromatic rings. The van der Waals surface area contributed by atoms with E-state index in [1.54, 1.807) is 31.4 Å². The third-order valence-corrected chi connectivity index (χ3v) is 6.30. The third-order valence-electron chi connectivity index (χ3n) is 4.49. The number of rotatable bonds is 3. The summed E-state index contributed by atoms with van der Waals surface area (Å²) in [5.41, 5.74) is 2.94. The fourth-order valence-electron chi connectivity index (χ4n) is 3.17. The van der Waals surface area contributed by atoms with Gasteiger partial charge >= 0.3 is 0 Å². The smallest absolute Gasteiger partial charge is 0.265 e. The molecular formula is C19H18N2O3S. The van der Waals surface area contributed by atoms with Crippen LogP contribution in [0.2, 0.25) is 0 Å². The van der Waals surface area contributed by atoms with E-state index in [-0.39, 0.29) is 4.90 Å². The maximum atomic E-state index is 13.0. The average molecular weight is 354 g/mol. The Kier molecular flexibility index (Phi) is 3.65. The molecule has 6 heteroatoms. The first-order valence-electron chi connectivity index (χ1n) is 8.06. The van der Waals surface area contributed by atoms with Crippen molar-refractivity contribution in [2.24, 2.45) is 0 Å². The summed E-state index contributed by atoms with van der Waals surface area (Å²) in [5, 5.41) is 1.04. The van der Waals surface area contributed by atoms with Crippen LogP contribution in [0.4, 0.5) is 5.82 Å². The minimum atomic E-state index is -3.64. The second kappa shape index (κ2) is 5.74. The summed E-state index contributed by atoms with van der Waals surface area (Å²) in [4.78, 5) is 4.87. The topological polar surface area (TPSA) is 59.5 Å². The van der Waals surface area contributed by atoms with Crippen LogP contribution in [0.3, 0.4) is 0 Å². The molecule has 0 atom stereocenters. The number of ether oxygens (including phenoxy) is 1. The van der Waals surface area contributed by atoms with Crippen molar-refractivity contribution in [3.63, 3.8) is 0 Å². The van der Waals surface area contributed by atoms with Crippen LogP contribution in [-0.4, -0.2) is 27.1 Å². The number of hydrogen-bond donors (Lipinski definition) is 0. The standard InChI is InChI=1S/C19H18N2O3S/c1-13-3-8-18-15(11-13)12-14-9-10-21(19(14)20-18)25(22,23)17-6-4-16(24-2)5-7-17/h3-8,11-12H,9-10H2,1-2H3. The lowest BCUT2D eigenvalue weighted by atomic mass is 10.1. The van der Waals surface area contributed by atoms with Gasteiger partial charge in [0.1, 0.15) is 11.6 Å². The Hall–Kier alpha value is -2.60. The first kappa shape index (κ1) is 15.9. The molecule has 0 radical (unpaired) electrons. The predicted molar refractivity (Wildman–Crippen MR) is 97.7 cm³/mol. The molecule has 0 unspecified atom stereocenters. The lowest BCUT2D eigenvalue weighted by molar-refractivity contribution is 0.414. The van der Waals surface area contributed by atoms with Crippen molar-refractivity contribution in [3.8, 4) is 5.75 Å². The van der Waals surface area contributed by atoms with Gasteiger partial charge in [0.25, 0.3) is 10.0 Å². The highest BCUT2D eigenvalue weighted by molar-refractivity contribution is 7.92. The van der Waals surface area contributed by atoms with E-state index in [2.05, 4.69) is 11.1 Å². The van der Waals surface area contributed by atoms with E-state index in [0.29, 0.717) is 24.5 Å². The van der Waals surface area contributed by atoms with E-state index >= 15 is 0 Å². The molecule has 128 valence electrons. The van der Waals surface area contributed by atoms with Crippen molar-refractivity contribution in [1.29, 1.82) is 0 Å². The molecule has 0 amide bonds. The number of pyridine rings is 1. The Morgan fingerprint density at radius 3 is 2.56 bits per heavy atom. The number of sulfonamides is 1. The second-order valence-corrected chi connectivity index (χ2v) is 8.03. The summed E-state index contributed by atoms with van der Waals surface area (Å²) < 4.78 is 32.6. The van der Waals surface area contributed by atoms with Crippen molar-refractivity contribution in [2.45, 2.75) is 18.2 Å². The van der Waals surface area contributed by atoms with Gasteiger partial charge in [0.05, 0.1) is 17.5 Å². The van der Waals surface area contributed by atoms with E-state index in [0.717, 1.165) is 22.0 Å². The first-order valence-corrected chi connectivity index (χ1v) is 9.50. The SMILES string of the molecule is COc1ccc(S(=O)(=O)N2CCc3cc4cc(C)ccc4nc32)cc1. The highest BCUT2D eigenvalue weighted by Crippen LogP contribution is 2.34. The number of aryl methyl sites for hydroxylation is 1. The summed E-state index contributed by atoms with van der Waals surface area (Å²) in [6, 6.07) is 14.5. The lowest BCUT2D eigenvalue weighted by Gasteiger charge is -2.19. The van der Waals surface area contributed by atoms with E-state index in [1.807, 2.05) is 25.1 Å². The second-order valence-electron chi connectivity index (χ2n) is 6.17. The third kappa shape index (κ3) is 2.62. The van der Waals surface area contributed by atoms with Crippen molar-refractivity contribution < 1.29 is 13.2 Å². The minimum absolute atomic E-state index is 0.243. The Morgan fingerprint density at radius 2 is 1.84 bits per heavy atom. The van der Waals surface area contributed by atoms with Gasteiger partial charge in [-0.15, -0.1) is 0 Å². The number of hydrogen-bond acceptors (Lipinski definition) is 4. The van der Waals surface area contributed by atoms with Crippen LogP contribution in [0.15, 0.2) is 53.4 Å². The van der Waals surface area contributed by atoms with Gasteiger partial charge in [-0.3, -0.25) is 0 Å². The molecule has 4 rings (SSSR count). The lowest BCUT2D eigenvalue weighted by Crippen LogP contribution is -2.29. The largest absolute Gasteiger partial charge is 0.497 e. The average Bonchev–Trinajstić information content (AvgIpc) is 3.03. The molecule has 0 saturated heterocycles. The maximum absolute atomic E-state index is 13.0. The van der Waals surface area contributed by atoms with Crippen molar-refractivity contribution >= 4 is 26.7 Å². The molecule has 0 N–H and O–H groups in total. The molecular weight excluding hydrogens is 336 g/mol. The zero-order chi connectivity index (χ0) is 17.6. The van der Waals surface area contributed by atoms with E-state index in [4.69, 9.17) is 4.74 Å². The van der Waals surface area contributed by atoms with Gasteiger partial charge in [-0.1, -0.05) is 11.6 Å². The Bertz CT molecular complexity index is 1060. The van der Waals surface area contributed by atoms with Crippen molar-refractivity contribution in [1.82, 2.24) is 4.98 Å². The van der Waals surface area contributed by atoms with Gasteiger partial charge in [-0.05, 0) is 61.4 Å². The molecule has 1 aliphatic rings. The minimum Gasteiger partial charge on any atom is -0.497 e.